The number of nitrogens with two attached hydrogens (primary N) is 1. The Labute approximate surface area is 113 Å². The van der Waals surface area contributed by atoms with Gasteiger partial charge in [0.2, 0.25) is 0 Å². The Morgan fingerprint density at radius 3 is 2.45 bits per heavy atom. The molecule has 0 aliphatic rings. The number of hydrogen-bond acceptors (Lipinski definition) is 6. The molecule has 8 nitrogen and oxygen atoms in total. The van der Waals surface area contributed by atoms with Gasteiger partial charge in [0.1, 0.15) is 11.3 Å². The van der Waals surface area contributed by atoms with E-state index in [0.29, 0.717) is 17.0 Å². The Morgan fingerprint density at radius 1 is 1.30 bits per heavy atom. The molecule has 0 aliphatic heterocycles. The number of pyridine rings is 1. The molecule has 1 aromatic carbocycles. The van der Waals surface area contributed by atoms with Gasteiger partial charge in [-0.15, -0.1) is 0 Å². The average Bonchev–Trinajstić information content (AvgIpc) is 2.45. The molecule has 0 bridgehead atoms. The van der Waals surface area contributed by atoms with Crippen molar-refractivity contribution in [2.75, 3.05) is 14.2 Å². The highest BCUT2D eigenvalue weighted by atomic mass is 16.5. The van der Waals surface area contributed by atoms with Crippen LogP contribution >= 0.6 is 0 Å². The SMILES string of the molecule is COc1cc2[nH]c(=O)c(C(=O)NN)c(O)c2cc1OC. The summed E-state index contributed by atoms with van der Waals surface area (Å²) in [5.74, 6) is 4.34. The molecule has 0 saturated carbocycles. The van der Waals surface area contributed by atoms with E-state index < -0.39 is 22.8 Å². The Morgan fingerprint density at radius 2 is 1.90 bits per heavy atom. The molecule has 0 aliphatic carbocycles. The van der Waals surface area contributed by atoms with Crippen LogP contribution in [0, 0.1) is 0 Å². The van der Waals surface area contributed by atoms with E-state index in [1.165, 1.54) is 26.4 Å². The first kappa shape index (κ1) is 13.7. The number of carbonyl (C=O) groups excluding carboxylic acids is 1. The van der Waals surface area contributed by atoms with Crippen LogP contribution < -0.4 is 26.3 Å². The van der Waals surface area contributed by atoms with Gasteiger partial charge in [-0.2, -0.15) is 0 Å². The molecule has 5 N–H and O–H groups in total. The van der Waals surface area contributed by atoms with Gasteiger partial charge in [0, 0.05) is 11.5 Å². The van der Waals surface area contributed by atoms with Crippen molar-refractivity contribution >= 4 is 16.8 Å². The van der Waals surface area contributed by atoms with E-state index in [1.54, 1.807) is 5.43 Å². The van der Waals surface area contributed by atoms with Gasteiger partial charge in [0.05, 0.1) is 19.7 Å². The summed E-state index contributed by atoms with van der Waals surface area (Å²) in [6.45, 7) is 0. The minimum atomic E-state index is -0.888. The fourth-order valence-electron chi connectivity index (χ4n) is 1.89. The van der Waals surface area contributed by atoms with Crippen molar-refractivity contribution in [1.82, 2.24) is 10.4 Å². The molecule has 2 rings (SSSR count). The molecule has 0 spiro atoms. The second-order valence-corrected chi connectivity index (χ2v) is 3.90. The Bertz CT molecular complexity index is 738. The van der Waals surface area contributed by atoms with E-state index in [2.05, 4.69) is 4.98 Å². The van der Waals surface area contributed by atoms with Crippen LogP contribution in [0.5, 0.6) is 17.2 Å². The number of rotatable bonds is 3. The van der Waals surface area contributed by atoms with E-state index in [0.717, 1.165) is 0 Å². The monoisotopic (exact) mass is 279 g/mol. The van der Waals surface area contributed by atoms with Gasteiger partial charge in [-0.25, -0.2) is 5.84 Å². The summed E-state index contributed by atoms with van der Waals surface area (Å²) in [6, 6.07) is 2.94. The van der Waals surface area contributed by atoms with Crippen LogP contribution in [0.4, 0.5) is 0 Å². The van der Waals surface area contributed by atoms with Crippen LogP contribution in [0.15, 0.2) is 16.9 Å². The maximum absolute atomic E-state index is 11.8. The fraction of sp³-hybridized carbons (Fsp3) is 0.167. The predicted octanol–water partition coefficient (Wildman–Crippen LogP) is -0.146. The zero-order valence-electron chi connectivity index (χ0n) is 10.8. The first-order valence-corrected chi connectivity index (χ1v) is 5.55. The quantitative estimate of drug-likeness (QED) is 0.352. The number of H-pyrrole nitrogens is 1. The molecule has 0 atom stereocenters. The third-order valence-electron chi connectivity index (χ3n) is 2.85. The highest BCUT2D eigenvalue weighted by molar-refractivity contribution is 6.02. The number of hydrazine groups is 1. The van der Waals surface area contributed by atoms with E-state index in [9.17, 15) is 14.7 Å². The van der Waals surface area contributed by atoms with Crippen molar-refractivity contribution in [3.63, 3.8) is 0 Å². The fourth-order valence-corrected chi connectivity index (χ4v) is 1.89. The second-order valence-electron chi connectivity index (χ2n) is 3.90. The van der Waals surface area contributed by atoms with E-state index in [-0.39, 0.29) is 5.39 Å². The Balaban J connectivity index is 2.84. The number of aromatic nitrogens is 1. The lowest BCUT2D eigenvalue weighted by Crippen LogP contribution is -2.34. The number of hydrogen-bond donors (Lipinski definition) is 4. The number of aromatic amines is 1. The predicted molar refractivity (Wildman–Crippen MR) is 71.0 cm³/mol. The van der Waals surface area contributed by atoms with Crippen LogP contribution in [0.3, 0.4) is 0 Å². The number of carbonyl (C=O) groups is 1. The molecule has 0 radical (unpaired) electrons. The number of amides is 1. The molecular formula is C12H13N3O5. The number of methoxy groups -OCH3 is 2. The lowest BCUT2D eigenvalue weighted by molar-refractivity contribution is 0.0949. The molecule has 1 aromatic heterocycles. The van der Waals surface area contributed by atoms with Crippen LogP contribution in [-0.4, -0.2) is 30.2 Å². The molecule has 0 fully saturated rings. The Hall–Kier alpha value is -2.74. The van der Waals surface area contributed by atoms with Crippen molar-refractivity contribution < 1.29 is 19.4 Å². The summed E-state index contributed by atoms with van der Waals surface area (Å²) in [5.41, 5.74) is 0.884. The normalized spacial score (nSPS) is 10.3. The topological polar surface area (TPSA) is 127 Å². The van der Waals surface area contributed by atoms with Crippen LogP contribution in [-0.2, 0) is 0 Å². The minimum Gasteiger partial charge on any atom is -0.506 e. The average molecular weight is 279 g/mol. The lowest BCUT2D eigenvalue weighted by atomic mass is 10.1. The van der Waals surface area contributed by atoms with Crippen molar-refractivity contribution in [3.8, 4) is 17.2 Å². The minimum absolute atomic E-state index is 0.237. The van der Waals surface area contributed by atoms with Crippen LogP contribution in [0.25, 0.3) is 10.9 Å². The maximum atomic E-state index is 11.8. The number of nitrogen functional groups attached to an aromatic ring is 1. The third kappa shape index (κ3) is 2.01. The summed E-state index contributed by atoms with van der Waals surface area (Å²) >= 11 is 0. The summed E-state index contributed by atoms with van der Waals surface area (Å²) in [4.78, 5) is 25.8. The van der Waals surface area contributed by atoms with E-state index in [1.807, 2.05) is 0 Å². The first-order chi connectivity index (χ1) is 9.53. The molecule has 8 heteroatoms. The van der Waals surface area contributed by atoms with Gasteiger partial charge < -0.3 is 19.6 Å². The smallest absolute Gasteiger partial charge is 0.274 e. The number of aromatic hydroxyl groups is 1. The highest BCUT2D eigenvalue weighted by Gasteiger charge is 2.20. The van der Waals surface area contributed by atoms with Gasteiger partial charge in [0.25, 0.3) is 11.5 Å². The van der Waals surface area contributed by atoms with Gasteiger partial charge >= 0.3 is 0 Å². The van der Waals surface area contributed by atoms with Crippen molar-refractivity contribution in [2.24, 2.45) is 5.84 Å². The van der Waals surface area contributed by atoms with Gasteiger partial charge in [-0.1, -0.05) is 0 Å². The molecule has 106 valence electrons. The molecule has 1 amide bonds. The standard InChI is InChI=1S/C12H13N3O5/c1-19-7-3-5-6(4-8(7)20-2)14-11(17)9(10(5)16)12(18)15-13/h3-4H,13H2,1-2H3,(H,15,18)(H2,14,16,17). The molecule has 1 heterocycles. The maximum Gasteiger partial charge on any atom is 0.274 e. The highest BCUT2D eigenvalue weighted by Crippen LogP contribution is 2.35. The second kappa shape index (κ2) is 5.10. The third-order valence-corrected chi connectivity index (χ3v) is 2.85. The summed E-state index contributed by atoms with van der Waals surface area (Å²) in [6.07, 6.45) is 0. The summed E-state index contributed by atoms with van der Waals surface area (Å²) in [7, 11) is 2.87. The molecular weight excluding hydrogens is 266 g/mol. The van der Waals surface area contributed by atoms with Gasteiger partial charge in [0.15, 0.2) is 11.5 Å². The lowest BCUT2D eigenvalue weighted by Gasteiger charge is -2.11. The zero-order chi connectivity index (χ0) is 14.9. The van der Waals surface area contributed by atoms with E-state index >= 15 is 0 Å². The van der Waals surface area contributed by atoms with Gasteiger partial charge in [-0.05, 0) is 6.07 Å². The molecule has 0 unspecified atom stereocenters. The van der Waals surface area contributed by atoms with Crippen LogP contribution in [0.1, 0.15) is 10.4 Å². The number of ether oxygens (including phenoxy) is 2. The van der Waals surface area contributed by atoms with Crippen molar-refractivity contribution in [3.05, 3.63) is 28.0 Å². The molecule has 2 aromatic rings. The molecule has 20 heavy (non-hydrogen) atoms. The number of fused-ring (bicyclic) bond motifs is 1. The number of nitrogens with one attached hydrogen (secondary N) is 2. The van der Waals surface area contributed by atoms with Crippen molar-refractivity contribution in [1.29, 1.82) is 0 Å². The molecule has 0 saturated heterocycles. The van der Waals surface area contributed by atoms with Gasteiger partial charge in [-0.3, -0.25) is 15.0 Å². The van der Waals surface area contributed by atoms with Crippen LogP contribution in [0.2, 0.25) is 0 Å². The largest absolute Gasteiger partial charge is 0.506 e. The van der Waals surface area contributed by atoms with E-state index in [4.69, 9.17) is 15.3 Å². The Kier molecular flexibility index (Phi) is 3.49. The summed E-state index contributed by atoms with van der Waals surface area (Å²) in [5, 5.41) is 10.3. The number of benzene rings is 1. The van der Waals surface area contributed by atoms with Crippen molar-refractivity contribution in [2.45, 2.75) is 0 Å². The summed E-state index contributed by atoms with van der Waals surface area (Å²) < 4.78 is 10.2. The zero-order valence-corrected chi connectivity index (χ0v) is 10.8. The first-order valence-electron chi connectivity index (χ1n) is 5.55.